The standard InChI is InChI=1S/C9H12N2S/c1-6(2)9(11)7-3-8(4-10)12-5-7/h3,5-6,9H,11H2,1-2H3. The normalized spacial score (nSPS) is 12.9. The topological polar surface area (TPSA) is 49.8 Å². The van der Waals surface area contributed by atoms with Gasteiger partial charge in [-0.3, -0.25) is 0 Å². The maximum absolute atomic E-state index is 8.59. The zero-order valence-corrected chi connectivity index (χ0v) is 8.06. The molecule has 1 atom stereocenters. The van der Waals surface area contributed by atoms with Crippen LogP contribution in [0.4, 0.5) is 0 Å². The lowest BCUT2D eigenvalue weighted by atomic mass is 10.00. The summed E-state index contributed by atoms with van der Waals surface area (Å²) in [4.78, 5) is 0.737. The van der Waals surface area contributed by atoms with Gasteiger partial charge in [-0.05, 0) is 22.9 Å². The van der Waals surface area contributed by atoms with Crippen LogP contribution in [-0.2, 0) is 0 Å². The highest BCUT2D eigenvalue weighted by Crippen LogP contribution is 2.23. The quantitative estimate of drug-likeness (QED) is 0.759. The fourth-order valence-corrected chi connectivity index (χ4v) is 1.71. The minimum atomic E-state index is 0.0587. The molecular weight excluding hydrogens is 168 g/mol. The summed E-state index contributed by atoms with van der Waals surface area (Å²) in [5, 5.41) is 10.6. The summed E-state index contributed by atoms with van der Waals surface area (Å²) in [5.74, 6) is 0.422. The van der Waals surface area contributed by atoms with Gasteiger partial charge in [0.05, 0.1) is 0 Å². The molecule has 0 aliphatic rings. The molecule has 0 saturated carbocycles. The highest BCUT2D eigenvalue weighted by Gasteiger charge is 2.11. The van der Waals surface area contributed by atoms with E-state index in [9.17, 15) is 0 Å². The van der Waals surface area contributed by atoms with E-state index in [0.29, 0.717) is 5.92 Å². The Labute approximate surface area is 76.6 Å². The minimum absolute atomic E-state index is 0.0587. The molecule has 0 aromatic carbocycles. The van der Waals surface area contributed by atoms with E-state index in [2.05, 4.69) is 19.9 Å². The smallest absolute Gasteiger partial charge is 0.110 e. The van der Waals surface area contributed by atoms with E-state index >= 15 is 0 Å². The highest BCUT2D eigenvalue weighted by atomic mass is 32.1. The molecule has 1 aromatic rings. The van der Waals surface area contributed by atoms with Crippen molar-refractivity contribution in [1.82, 2.24) is 0 Å². The molecule has 0 radical (unpaired) electrons. The van der Waals surface area contributed by atoms with Crippen molar-refractivity contribution in [2.45, 2.75) is 19.9 Å². The lowest BCUT2D eigenvalue weighted by molar-refractivity contribution is 0.515. The molecule has 0 spiro atoms. The van der Waals surface area contributed by atoms with Gasteiger partial charge < -0.3 is 5.73 Å². The van der Waals surface area contributed by atoms with Gasteiger partial charge in [-0.2, -0.15) is 5.26 Å². The second-order valence-corrected chi connectivity index (χ2v) is 4.04. The average Bonchev–Trinajstić information content (AvgIpc) is 2.50. The van der Waals surface area contributed by atoms with Gasteiger partial charge in [-0.15, -0.1) is 11.3 Å². The fourth-order valence-electron chi connectivity index (χ4n) is 0.969. The third-order valence-electron chi connectivity index (χ3n) is 1.83. The molecule has 64 valence electrons. The van der Waals surface area contributed by atoms with E-state index < -0.39 is 0 Å². The first-order chi connectivity index (χ1) is 5.65. The Morgan fingerprint density at radius 2 is 2.25 bits per heavy atom. The molecule has 0 saturated heterocycles. The van der Waals surface area contributed by atoms with Crippen LogP contribution in [0.3, 0.4) is 0 Å². The summed E-state index contributed by atoms with van der Waals surface area (Å²) in [5.41, 5.74) is 6.98. The molecule has 2 nitrogen and oxygen atoms in total. The Kier molecular flexibility index (Phi) is 2.85. The molecule has 2 N–H and O–H groups in total. The molecule has 0 aliphatic carbocycles. The van der Waals surface area contributed by atoms with Gasteiger partial charge in [0.1, 0.15) is 10.9 Å². The van der Waals surface area contributed by atoms with E-state index in [1.165, 1.54) is 11.3 Å². The van der Waals surface area contributed by atoms with Crippen LogP contribution in [0.2, 0.25) is 0 Å². The Balaban J connectivity index is 2.83. The summed E-state index contributed by atoms with van der Waals surface area (Å²) < 4.78 is 0. The molecule has 1 unspecified atom stereocenters. The zero-order valence-electron chi connectivity index (χ0n) is 7.24. The number of nitrogens with two attached hydrogens (primary N) is 1. The third-order valence-corrected chi connectivity index (χ3v) is 2.69. The van der Waals surface area contributed by atoms with Crippen molar-refractivity contribution in [3.05, 3.63) is 21.9 Å². The molecule has 1 heterocycles. The van der Waals surface area contributed by atoms with E-state index in [1.807, 2.05) is 11.4 Å². The largest absolute Gasteiger partial charge is 0.324 e. The Morgan fingerprint density at radius 3 is 2.67 bits per heavy atom. The first kappa shape index (κ1) is 9.24. The maximum atomic E-state index is 8.59. The van der Waals surface area contributed by atoms with E-state index in [4.69, 9.17) is 11.0 Å². The molecule has 0 aliphatic heterocycles. The summed E-state index contributed by atoms with van der Waals surface area (Å²) in [6.07, 6.45) is 0. The Morgan fingerprint density at radius 1 is 1.58 bits per heavy atom. The number of nitriles is 1. The van der Waals surface area contributed by atoms with Crippen LogP contribution in [0.15, 0.2) is 11.4 Å². The first-order valence-electron chi connectivity index (χ1n) is 3.89. The van der Waals surface area contributed by atoms with Crippen molar-refractivity contribution in [3.63, 3.8) is 0 Å². The lowest BCUT2D eigenvalue weighted by Gasteiger charge is -2.13. The van der Waals surface area contributed by atoms with Crippen LogP contribution in [0, 0.1) is 17.2 Å². The van der Waals surface area contributed by atoms with Crippen LogP contribution in [-0.4, -0.2) is 0 Å². The van der Waals surface area contributed by atoms with E-state index in [0.717, 1.165) is 10.4 Å². The highest BCUT2D eigenvalue weighted by molar-refractivity contribution is 7.10. The minimum Gasteiger partial charge on any atom is -0.324 e. The van der Waals surface area contributed by atoms with E-state index in [1.54, 1.807) is 0 Å². The average molecular weight is 180 g/mol. The van der Waals surface area contributed by atoms with Gasteiger partial charge in [-0.25, -0.2) is 0 Å². The van der Waals surface area contributed by atoms with Crippen LogP contribution < -0.4 is 5.73 Å². The van der Waals surface area contributed by atoms with Crippen molar-refractivity contribution < 1.29 is 0 Å². The predicted molar refractivity (Wildman–Crippen MR) is 50.8 cm³/mol. The summed E-state index contributed by atoms with van der Waals surface area (Å²) in [7, 11) is 0. The molecule has 12 heavy (non-hydrogen) atoms. The number of nitrogens with zero attached hydrogens (tertiary/aromatic N) is 1. The molecule has 0 amide bonds. The molecule has 1 aromatic heterocycles. The summed E-state index contributed by atoms with van der Waals surface area (Å²) in [6, 6.07) is 4.03. The molecule has 1 rings (SSSR count). The van der Waals surface area contributed by atoms with Crippen LogP contribution in [0.25, 0.3) is 0 Å². The number of hydrogen-bond donors (Lipinski definition) is 1. The molecular formula is C9H12N2S. The fraction of sp³-hybridized carbons (Fsp3) is 0.444. The van der Waals surface area contributed by atoms with Crippen molar-refractivity contribution in [3.8, 4) is 6.07 Å². The molecule has 0 fully saturated rings. The number of thiophene rings is 1. The van der Waals surface area contributed by atoms with Crippen LogP contribution in [0.1, 0.15) is 30.3 Å². The van der Waals surface area contributed by atoms with Gasteiger partial charge >= 0.3 is 0 Å². The molecule has 0 bridgehead atoms. The van der Waals surface area contributed by atoms with Gasteiger partial charge in [-0.1, -0.05) is 13.8 Å². The molecule has 3 heteroatoms. The number of rotatable bonds is 2. The Bertz CT molecular complexity index is 296. The van der Waals surface area contributed by atoms with Crippen LogP contribution in [0.5, 0.6) is 0 Å². The second-order valence-electron chi connectivity index (χ2n) is 3.13. The van der Waals surface area contributed by atoms with Gasteiger partial charge in [0, 0.05) is 6.04 Å². The third kappa shape index (κ3) is 1.84. The van der Waals surface area contributed by atoms with Gasteiger partial charge in [0.25, 0.3) is 0 Å². The SMILES string of the molecule is CC(C)C(N)c1csc(C#N)c1. The van der Waals surface area contributed by atoms with Crippen molar-refractivity contribution in [1.29, 1.82) is 5.26 Å². The van der Waals surface area contributed by atoms with Gasteiger partial charge in [0.2, 0.25) is 0 Å². The monoisotopic (exact) mass is 180 g/mol. The van der Waals surface area contributed by atoms with Crippen molar-refractivity contribution in [2.75, 3.05) is 0 Å². The van der Waals surface area contributed by atoms with Crippen LogP contribution >= 0.6 is 11.3 Å². The summed E-state index contributed by atoms with van der Waals surface area (Å²) >= 11 is 1.45. The van der Waals surface area contributed by atoms with E-state index in [-0.39, 0.29) is 6.04 Å². The van der Waals surface area contributed by atoms with Crippen molar-refractivity contribution in [2.24, 2.45) is 11.7 Å². The first-order valence-corrected chi connectivity index (χ1v) is 4.77. The Hall–Kier alpha value is -0.850. The van der Waals surface area contributed by atoms with Crippen molar-refractivity contribution >= 4 is 11.3 Å². The van der Waals surface area contributed by atoms with Gasteiger partial charge in [0.15, 0.2) is 0 Å². The lowest BCUT2D eigenvalue weighted by Crippen LogP contribution is -2.15. The predicted octanol–water partition coefficient (Wildman–Crippen LogP) is 2.28. The second kappa shape index (κ2) is 3.70. The number of hydrogen-bond acceptors (Lipinski definition) is 3. The zero-order chi connectivity index (χ0) is 9.14. The maximum Gasteiger partial charge on any atom is 0.110 e. The summed E-state index contributed by atoms with van der Waals surface area (Å²) in [6.45, 7) is 4.16.